The minimum absolute atomic E-state index is 0.372. The number of rotatable bonds is 4. The Morgan fingerprint density at radius 3 is 2.52 bits per heavy atom. The van der Waals surface area contributed by atoms with Gasteiger partial charge in [0.1, 0.15) is 5.56 Å². The van der Waals surface area contributed by atoms with Gasteiger partial charge in [0.25, 0.3) is 0 Å². The first-order valence-corrected chi connectivity index (χ1v) is 9.20. The normalized spacial score (nSPS) is 19.6. The lowest BCUT2D eigenvalue weighted by atomic mass is 10.1. The minimum Gasteiger partial charge on any atom is -0.493 e. The van der Waals surface area contributed by atoms with Crippen molar-refractivity contribution in [2.75, 3.05) is 45.3 Å². The summed E-state index contributed by atoms with van der Waals surface area (Å²) in [5.41, 5.74) is 2.39. The molecule has 2 aromatic rings. The average Bonchev–Trinajstić information content (AvgIpc) is 3.04. The topological polar surface area (TPSA) is 51.2 Å². The van der Waals surface area contributed by atoms with Crippen LogP contribution < -0.4 is 14.4 Å². The molecule has 2 heterocycles. The second kappa shape index (κ2) is 7.29. The van der Waals surface area contributed by atoms with Crippen molar-refractivity contribution in [2.45, 2.75) is 6.23 Å². The van der Waals surface area contributed by atoms with E-state index in [9.17, 15) is 4.79 Å². The van der Waals surface area contributed by atoms with Crippen LogP contribution in [0.4, 0.5) is 5.69 Å². The number of anilines is 1. The molecule has 0 bridgehead atoms. The van der Waals surface area contributed by atoms with Crippen LogP contribution in [0, 0.1) is 0 Å². The van der Waals surface area contributed by atoms with Crippen LogP contribution in [0.5, 0.6) is 11.5 Å². The third-order valence-corrected chi connectivity index (χ3v) is 5.32. The highest BCUT2D eigenvalue weighted by atomic mass is 35.5. The van der Waals surface area contributed by atoms with Crippen LogP contribution in [0.15, 0.2) is 36.4 Å². The molecule has 0 amide bonds. The van der Waals surface area contributed by atoms with Gasteiger partial charge in [0.05, 0.1) is 14.2 Å². The zero-order chi connectivity index (χ0) is 19.0. The van der Waals surface area contributed by atoms with Crippen molar-refractivity contribution in [3.8, 4) is 11.5 Å². The SMILES string of the molecule is COc1ccc2c(c1OC)C(=O)O[C@@H]2N1CCN(c2cccc(Cl)c2)CC1. The number of halogens is 1. The lowest BCUT2D eigenvalue weighted by Crippen LogP contribution is -2.47. The number of nitrogens with zero attached hydrogens (tertiary/aromatic N) is 2. The van der Waals surface area contributed by atoms with Crippen LogP contribution in [0.1, 0.15) is 22.1 Å². The number of hydrogen-bond acceptors (Lipinski definition) is 6. The number of carbonyl (C=O) groups excluding carboxylic acids is 1. The maximum Gasteiger partial charge on any atom is 0.344 e. The number of esters is 1. The summed E-state index contributed by atoms with van der Waals surface area (Å²) in [6, 6.07) is 11.6. The molecular formula is C20H21ClN2O4. The van der Waals surface area contributed by atoms with Gasteiger partial charge in [-0.1, -0.05) is 17.7 Å². The molecule has 0 unspecified atom stereocenters. The summed E-state index contributed by atoms with van der Waals surface area (Å²) < 4.78 is 16.4. The molecule has 1 atom stereocenters. The van der Waals surface area contributed by atoms with Crippen molar-refractivity contribution < 1.29 is 19.0 Å². The number of ether oxygens (including phenoxy) is 3. The lowest BCUT2D eigenvalue weighted by molar-refractivity contribution is -0.0251. The summed E-state index contributed by atoms with van der Waals surface area (Å²) in [6.07, 6.45) is -0.395. The summed E-state index contributed by atoms with van der Waals surface area (Å²) in [4.78, 5) is 16.9. The second-order valence-electron chi connectivity index (χ2n) is 6.53. The number of carbonyl (C=O) groups is 1. The summed E-state index contributed by atoms with van der Waals surface area (Å²) in [5, 5.41) is 0.731. The predicted octanol–water partition coefficient (Wildman–Crippen LogP) is 3.35. The van der Waals surface area contributed by atoms with Crippen molar-refractivity contribution in [3.05, 3.63) is 52.5 Å². The van der Waals surface area contributed by atoms with E-state index in [1.807, 2.05) is 30.3 Å². The summed E-state index contributed by atoms with van der Waals surface area (Å²) in [6.45, 7) is 3.21. The van der Waals surface area contributed by atoms with Crippen molar-refractivity contribution in [2.24, 2.45) is 0 Å². The molecule has 1 fully saturated rings. The molecule has 6 nitrogen and oxygen atoms in total. The molecule has 0 saturated carbocycles. The van der Waals surface area contributed by atoms with E-state index in [4.69, 9.17) is 25.8 Å². The minimum atomic E-state index is -0.395. The highest BCUT2D eigenvalue weighted by Crippen LogP contribution is 2.43. The van der Waals surface area contributed by atoms with E-state index >= 15 is 0 Å². The van der Waals surface area contributed by atoms with E-state index in [0.717, 1.165) is 42.5 Å². The molecule has 0 aromatic heterocycles. The fourth-order valence-electron chi connectivity index (χ4n) is 3.74. The van der Waals surface area contributed by atoms with Gasteiger partial charge in [-0.3, -0.25) is 4.90 Å². The van der Waals surface area contributed by atoms with Gasteiger partial charge in [-0.2, -0.15) is 0 Å². The molecule has 0 radical (unpaired) electrons. The van der Waals surface area contributed by atoms with Crippen LogP contribution in [-0.2, 0) is 4.74 Å². The Labute approximate surface area is 163 Å². The number of piperazine rings is 1. The Bertz CT molecular complexity index is 865. The molecule has 2 aliphatic rings. The average molecular weight is 389 g/mol. The maximum absolute atomic E-state index is 12.5. The Hall–Kier alpha value is -2.44. The fourth-order valence-corrected chi connectivity index (χ4v) is 3.93. The first-order valence-electron chi connectivity index (χ1n) is 8.83. The number of benzene rings is 2. The Balaban J connectivity index is 1.53. The Morgan fingerprint density at radius 1 is 1.07 bits per heavy atom. The van der Waals surface area contributed by atoms with E-state index in [1.165, 1.54) is 7.11 Å². The Kier molecular flexibility index (Phi) is 4.85. The second-order valence-corrected chi connectivity index (χ2v) is 6.96. The maximum atomic E-state index is 12.5. The van der Waals surface area contributed by atoms with Crippen molar-refractivity contribution in [3.63, 3.8) is 0 Å². The number of methoxy groups -OCH3 is 2. The van der Waals surface area contributed by atoms with Crippen LogP contribution in [0.2, 0.25) is 5.02 Å². The van der Waals surface area contributed by atoms with Crippen LogP contribution in [0.25, 0.3) is 0 Å². The third-order valence-electron chi connectivity index (χ3n) is 5.09. The largest absolute Gasteiger partial charge is 0.493 e. The van der Waals surface area contributed by atoms with Gasteiger partial charge < -0.3 is 19.1 Å². The molecule has 2 aromatic carbocycles. The van der Waals surface area contributed by atoms with Gasteiger partial charge in [-0.05, 0) is 30.3 Å². The quantitative estimate of drug-likeness (QED) is 0.749. The van der Waals surface area contributed by atoms with E-state index in [-0.39, 0.29) is 5.97 Å². The summed E-state index contributed by atoms with van der Waals surface area (Å²) in [7, 11) is 3.08. The standard InChI is InChI=1S/C20H21ClN2O4/c1-25-16-7-6-15-17(18(16)26-2)20(24)27-19(15)23-10-8-22(9-11-23)14-5-3-4-13(21)12-14/h3-7,12,19H,8-11H2,1-2H3/t19-/m0/s1. The van der Waals surface area contributed by atoms with Crippen molar-refractivity contribution >= 4 is 23.3 Å². The zero-order valence-electron chi connectivity index (χ0n) is 15.3. The van der Waals surface area contributed by atoms with E-state index < -0.39 is 6.23 Å². The summed E-state index contributed by atoms with van der Waals surface area (Å²) >= 11 is 6.11. The van der Waals surface area contributed by atoms with Gasteiger partial charge in [-0.15, -0.1) is 0 Å². The molecule has 0 aliphatic carbocycles. The zero-order valence-corrected chi connectivity index (χ0v) is 16.0. The molecule has 4 rings (SSSR count). The third kappa shape index (κ3) is 3.19. The number of fused-ring (bicyclic) bond motifs is 1. The van der Waals surface area contributed by atoms with E-state index in [1.54, 1.807) is 7.11 Å². The molecular weight excluding hydrogens is 368 g/mol. The van der Waals surface area contributed by atoms with Crippen LogP contribution >= 0.6 is 11.6 Å². The highest BCUT2D eigenvalue weighted by molar-refractivity contribution is 6.30. The van der Waals surface area contributed by atoms with E-state index in [2.05, 4.69) is 15.9 Å². The van der Waals surface area contributed by atoms with Crippen LogP contribution in [0.3, 0.4) is 0 Å². The van der Waals surface area contributed by atoms with Gasteiger partial charge in [0.15, 0.2) is 17.7 Å². The van der Waals surface area contributed by atoms with Gasteiger partial charge in [0, 0.05) is 42.5 Å². The molecule has 0 N–H and O–H groups in total. The highest BCUT2D eigenvalue weighted by Gasteiger charge is 2.39. The monoisotopic (exact) mass is 388 g/mol. The molecule has 142 valence electrons. The smallest absolute Gasteiger partial charge is 0.344 e. The summed E-state index contributed by atoms with van der Waals surface area (Å²) in [5.74, 6) is 0.586. The van der Waals surface area contributed by atoms with Crippen molar-refractivity contribution in [1.82, 2.24) is 4.90 Å². The first kappa shape index (κ1) is 17.9. The van der Waals surface area contributed by atoms with Gasteiger partial charge in [-0.25, -0.2) is 4.79 Å². The molecule has 1 saturated heterocycles. The molecule has 0 spiro atoms. The predicted molar refractivity (Wildman–Crippen MR) is 103 cm³/mol. The van der Waals surface area contributed by atoms with E-state index in [0.29, 0.717) is 17.1 Å². The van der Waals surface area contributed by atoms with Crippen molar-refractivity contribution in [1.29, 1.82) is 0 Å². The van der Waals surface area contributed by atoms with Gasteiger partial charge >= 0.3 is 5.97 Å². The number of cyclic esters (lactones) is 1. The van der Waals surface area contributed by atoms with Gasteiger partial charge in [0.2, 0.25) is 0 Å². The lowest BCUT2D eigenvalue weighted by Gasteiger charge is -2.38. The first-order chi connectivity index (χ1) is 13.1. The molecule has 7 heteroatoms. The fraction of sp³-hybridized carbons (Fsp3) is 0.350. The Morgan fingerprint density at radius 2 is 1.85 bits per heavy atom. The molecule has 27 heavy (non-hydrogen) atoms. The molecule has 2 aliphatic heterocycles. The van der Waals surface area contributed by atoms with Crippen LogP contribution in [-0.4, -0.2) is 51.3 Å². The number of hydrogen-bond donors (Lipinski definition) is 0.